The van der Waals surface area contributed by atoms with E-state index < -0.39 is 5.82 Å². The average Bonchev–Trinajstić information content (AvgIpc) is 2.71. The van der Waals surface area contributed by atoms with Gasteiger partial charge in [-0.05, 0) is 53.8 Å². The minimum Gasteiger partial charge on any atom is -0.370 e. The number of carbonyl (C=O) groups is 1. The van der Waals surface area contributed by atoms with Crippen LogP contribution < -0.4 is 10.6 Å². The molecule has 1 aromatic heterocycles. The maximum absolute atomic E-state index is 13.2. The molecule has 3 rings (SSSR count). The fourth-order valence-corrected chi connectivity index (χ4v) is 3.03. The molecule has 6 heteroatoms. The first-order valence-electron chi connectivity index (χ1n) is 9.47. The summed E-state index contributed by atoms with van der Waals surface area (Å²) >= 11 is 5.75. The van der Waals surface area contributed by atoms with E-state index in [9.17, 15) is 9.18 Å². The van der Waals surface area contributed by atoms with Crippen LogP contribution in [0.2, 0.25) is 5.02 Å². The molecule has 4 nitrogen and oxygen atoms in total. The van der Waals surface area contributed by atoms with Gasteiger partial charge in [0, 0.05) is 24.0 Å². The first-order valence-corrected chi connectivity index (χ1v) is 9.85. The van der Waals surface area contributed by atoms with Crippen molar-refractivity contribution >= 4 is 29.0 Å². The lowest BCUT2D eigenvalue weighted by Gasteiger charge is -2.10. The van der Waals surface area contributed by atoms with Gasteiger partial charge in [-0.2, -0.15) is 0 Å². The average molecular weight is 412 g/mol. The summed E-state index contributed by atoms with van der Waals surface area (Å²) in [5, 5.41) is 5.91. The largest absolute Gasteiger partial charge is 0.370 e. The summed E-state index contributed by atoms with van der Waals surface area (Å²) in [5.74, 6) is 0.293. The minimum absolute atomic E-state index is 0.0405. The van der Waals surface area contributed by atoms with Gasteiger partial charge < -0.3 is 10.6 Å². The number of aromatic nitrogens is 1. The van der Waals surface area contributed by atoms with Crippen molar-refractivity contribution < 1.29 is 9.18 Å². The summed E-state index contributed by atoms with van der Waals surface area (Å²) in [5.41, 5.74) is 3.44. The Morgan fingerprint density at radius 1 is 1.10 bits per heavy atom. The van der Waals surface area contributed by atoms with E-state index in [1.807, 2.05) is 0 Å². The van der Waals surface area contributed by atoms with Crippen molar-refractivity contribution in [1.29, 1.82) is 0 Å². The standard InChI is InChI=1S/C23H23ClFN3O/c1-15(2)17-5-3-16(4-6-17)9-11-26-22-13-18(10-12-27-22)23(29)28-19-7-8-21(25)20(24)14-19/h3-8,10,12-15H,9,11H2,1-2H3,(H,26,27)(H,28,29). The molecule has 0 unspecified atom stereocenters. The highest BCUT2D eigenvalue weighted by molar-refractivity contribution is 6.31. The topological polar surface area (TPSA) is 54.0 Å². The number of nitrogens with one attached hydrogen (secondary N) is 2. The third-order valence-electron chi connectivity index (χ3n) is 4.57. The molecule has 150 valence electrons. The molecular formula is C23H23ClFN3O. The summed E-state index contributed by atoms with van der Waals surface area (Å²) in [7, 11) is 0. The smallest absolute Gasteiger partial charge is 0.255 e. The number of hydrogen-bond donors (Lipinski definition) is 2. The molecule has 0 saturated carbocycles. The molecular weight excluding hydrogens is 389 g/mol. The Morgan fingerprint density at radius 3 is 2.55 bits per heavy atom. The number of amides is 1. The second-order valence-corrected chi connectivity index (χ2v) is 7.49. The first-order chi connectivity index (χ1) is 13.9. The highest BCUT2D eigenvalue weighted by atomic mass is 35.5. The second kappa shape index (κ2) is 9.52. The maximum Gasteiger partial charge on any atom is 0.255 e. The number of nitrogens with zero attached hydrogens (tertiary/aromatic N) is 1. The van der Waals surface area contributed by atoms with Gasteiger partial charge in [0.2, 0.25) is 0 Å². The lowest BCUT2D eigenvalue weighted by Crippen LogP contribution is -2.13. The Bertz CT molecular complexity index is 990. The Labute approximate surface area is 175 Å². The van der Waals surface area contributed by atoms with Crippen molar-refractivity contribution in [2.45, 2.75) is 26.2 Å². The summed E-state index contributed by atoms with van der Waals surface area (Å²) in [6, 6.07) is 16.0. The van der Waals surface area contributed by atoms with Gasteiger partial charge in [0.05, 0.1) is 5.02 Å². The van der Waals surface area contributed by atoms with Crippen LogP contribution >= 0.6 is 11.6 Å². The van der Waals surface area contributed by atoms with Crippen molar-refractivity contribution in [2.75, 3.05) is 17.2 Å². The molecule has 0 fully saturated rings. The SMILES string of the molecule is CC(C)c1ccc(CCNc2cc(C(=O)Nc3ccc(F)c(Cl)c3)ccn2)cc1. The van der Waals surface area contributed by atoms with Gasteiger partial charge in [-0.15, -0.1) is 0 Å². The Kier molecular flexibility index (Phi) is 6.83. The number of anilines is 2. The van der Waals surface area contributed by atoms with E-state index in [2.05, 4.69) is 53.7 Å². The lowest BCUT2D eigenvalue weighted by atomic mass is 10.0. The van der Waals surface area contributed by atoms with Gasteiger partial charge in [0.1, 0.15) is 11.6 Å². The molecule has 3 aromatic rings. The molecule has 0 aliphatic carbocycles. The van der Waals surface area contributed by atoms with Gasteiger partial charge in [-0.1, -0.05) is 49.7 Å². The number of rotatable bonds is 7. The van der Waals surface area contributed by atoms with Crippen molar-refractivity contribution in [3.8, 4) is 0 Å². The number of halogens is 2. The van der Waals surface area contributed by atoms with Crippen molar-refractivity contribution in [3.63, 3.8) is 0 Å². The van der Waals surface area contributed by atoms with E-state index in [4.69, 9.17) is 11.6 Å². The lowest BCUT2D eigenvalue weighted by molar-refractivity contribution is 0.102. The maximum atomic E-state index is 13.2. The van der Waals surface area contributed by atoms with E-state index in [-0.39, 0.29) is 10.9 Å². The Morgan fingerprint density at radius 2 is 1.86 bits per heavy atom. The van der Waals surface area contributed by atoms with Crippen LogP contribution in [0, 0.1) is 5.82 Å². The molecule has 1 amide bonds. The summed E-state index contributed by atoms with van der Waals surface area (Å²) in [6.45, 7) is 5.05. The molecule has 29 heavy (non-hydrogen) atoms. The third kappa shape index (κ3) is 5.78. The zero-order valence-corrected chi connectivity index (χ0v) is 17.1. The minimum atomic E-state index is -0.529. The third-order valence-corrected chi connectivity index (χ3v) is 4.86. The van der Waals surface area contributed by atoms with Crippen LogP contribution in [0.25, 0.3) is 0 Å². The van der Waals surface area contributed by atoms with Crippen molar-refractivity contribution in [2.24, 2.45) is 0 Å². The quantitative estimate of drug-likeness (QED) is 0.508. The van der Waals surface area contributed by atoms with Crippen LogP contribution in [0.3, 0.4) is 0 Å². The van der Waals surface area contributed by atoms with Gasteiger partial charge in [-0.3, -0.25) is 4.79 Å². The first kappa shape index (κ1) is 20.8. The molecule has 0 aliphatic heterocycles. The van der Waals surface area contributed by atoms with Crippen LogP contribution in [-0.4, -0.2) is 17.4 Å². The number of pyridine rings is 1. The van der Waals surface area contributed by atoms with Crippen molar-refractivity contribution in [3.05, 3.63) is 88.3 Å². The van der Waals surface area contributed by atoms with E-state index >= 15 is 0 Å². The molecule has 1 heterocycles. The van der Waals surface area contributed by atoms with Crippen LogP contribution in [0.1, 0.15) is 41.3 Å². The highest BCUT2D eigenvalue weighted by Gasteiger charge is 2.09. The van der Waals surface area contributed by atoms with Gasteiger partial charge in [0.15, 0.2) is 0 Å². The number of carbonyl (C=O) groups excluding carboxylic acids is 1. The van der Waals surface area contributed by atoms with E-state index in [0.717, 1.165) is 6.42 Å². The fraction of sp³-hybridized carbons (Fsp3) is 0.217. The fourth-order valence-electron chi connectivity index (χ4n) is 2.85. The predicted octanol–water partition coefficient (Wildman–Crippen LogP) is 5.90. The molecule has 2 N–H and O–H groups in total. The van der Waals surface area contributed by atoms with Crippen molar-refractivity contribution in [1.82, 2.24) is 4.98 Å². The summed E-state index contributed by atoms with van der Waals surface area (Å²) in [6.07, 6.45) is 2.43. The van der Waals surface area contributed by atoms with Crippen LogP contribution in [-0.2, 0) is 6.42 Å². The van der Waals surface area contributed by atoms with Gasteiger partial charge >= 0.3 is 0 Å². The monoisotopic (exact) mass is 411 g/mol. The predicted molar refractivity (Wildman–Crippen MR) is 116 cm³/mol. The zero-order valence-electron chi connectivity index (χ0n) is 16.4. The molecule has 0 saturated heterocycles. The van der Waals surface area contributed by atoms with E-state index in [1.165, 1.54) is 29.3 Å². The number of benzene rings is 2. The van der Waals surface area contributed by atoms with Gasteiger partial charge in [-0.25, -0.2) is 9.37 Å². The van der Waals surface area contributed by atoms with E-state index in [0.29, 0.717) is 29.5 Å². The Hall–Kier alpha value is -2.92. The molecule has 0 spiro atoms. The second-order valence-electron chi connectivity index (χ2n) is 7.09. The van der Waals surface area contributed by atoms with Crippen LogP contribution in [0.4, 0.5) is 15.9 Å². The van der Waals surface area contributed by atoms with Gasteiger partial charge in [0.25, 0.3) is 5.91 Å². The normalized spacial score (nSPS) is 10.8. The Balaban J connectivity index is 1.57. The number of hydrogen-bond acceptors (Lipinski definition) is 3. The zero-order chi connectivity index (χ0) is 20.8. The molecule has 0 radical (unpaired) electrons. The summed E-state index contributed by atoms with van der Waals surface area (Å²) < 4.78 is 13.2. The molecule has 0 aliphatic rings. The molecule has 2 aromatic carbocycles. The highest BCUT2D eigenvalue weighted by Crippen LogP contribution is 2.20. The molecule has 0 atom stereocenters. The van der Waals surface area contributed by atoms with E-state index in [1.54, 1.807) is 18.3 Å². The molecule has 0 bridgehead atoms. The van der Waals surface area contributed by atoms with Crippen LogP contribution in [0.5, 0.6) is 0 Å². The van der Waals surface area contributed by atoms with Crippen LogP contribution in [0.15, 0.2) is 60.8 Å². The summed E-state index contributed by atoms with van der Waals surface area (Å²) in [4.78, 5) is 16.7.